The number of guanidine groups is 1. The molecule has 0 radical (unpaired) electrons. The molecule has 2 heterocycles. The number of amides is 10. The summed E-state index contributed by atoms with van der Waals surface area (Å²) in [6.07, 6.45) is 10.2. The van der Waals surface area contributed by atoms with E-state index in [9.17, 15) is 47.9 Å². The van der Waals surface area contributed by atoms with Gasteiger partial charge in [0, 0.05) is 37.9 Å². The highest BCUT2D eigenvalue weighted by Crippen LogP contribution is 2.21. The Bertz CT molecular complexity index is 2300. The van der Waals surface area contributed by atoms with Crippen LogP contribution in [0.2, 0.25) is 0 Å². The monoisotopic (exact) mass is 1200 g/mol. The molecule has 1 saturated heterocycles. The molecule has 0 unspecified atom stereocenters. The lowest BCUT2D eigenvalue weighted by Gasteiger charge is -2.30. The molecule has 0 saturated carbocycles. The van der Waals surface area contributed by atoms with E-state index in [-0.39, 0.29) is 95.7 Å². The van der Waals surface area contributed by atoms with Gasteiger partial charge in [0.25, 0.3) is 5.91 Å². The highest BCUT2D eigenvalue weighted by molar-refractivity contribution is 6.02. The Morgan fingerprint density at radius 2 is 1.22 bits per heavy atom. The number of H-pyrrole nitrogens is 1. The number of hydrogen-bond acceptors (Lipinski definition) is 19. The Hall–Kier alpha value is -7.36. The average Bonchev–Trinajstić information content (AvgIpc) is 4.31. The Labute approximate surface area is 497 Å². The fourth-order valence-corrected chi connectivity index (χ4v) is 8.93. The van der Waals surface area contributed by atoms with E-state index in [0.29, 0.717) is 96.1 Å². The number of aromatic nitrogens is 2. The SMILES string of the molecule is C[C@H](NC(=O)[C@H](CCN)NC(=O)[C@@H](N)CCCCN)C(=O)NCC(=O)N[C@H](CCCN)C(=O)N1CCC[C@H]1C(=O)N[C@@H](Cc1cnc[nH]1)C(=O)N[C@@H](CCCCN)C(=O)N/C(=C\CCN=C(N)N)C(=O)N[C@@H](CCCCN)C(=O)NCCCCN. The third-order valence-corrected chi connectivity index (χ3v) is 13.7. The average molecular weight is 1200 g/mol. The van der Waals surface area contributed by atoms with Crippen molar-refractivity contribution in [2.45, 2.75) is 171 Å². The molecule has 10 amide bonds. The Kier molecular flexibility index (Phi) is 36.8. The van der Waals surface area contributed by atoms with Gasteiger partial charge in [-0.1, -0.05) is 12.5 Å². The quantitative estimate of drug-likeness (QED) is 0.0125. The number of aliphatic imine (C=N–C) groups is 1. The minimum atomic E-state index is -1.37. The van der Waals surface area contributed by atoms with Crippen LogP contribution in [0.5, 0.6) is 0 Å². The maximum atomic E-state index is 14.5. The van der Waals surface area contributed by atoms with Crippen LogP contribution in [0.15, 0.2) is 29.3 Å². The van der Waals surface area contributed by atoms with E-state index < -0.39 is 114 Å². The van der Waals surface area contributed by atoms with Gasteiger partial charge in [0.05, 0.1) is 18.9 Å². The fourth-order valence-electron chi connectivity index (χ4n) is 8.93. The summed E-state index contributed by atoms with van der Waals surface area (Å²) >= 11 is 0. The van der Waals surface area contributed by atoms with E-state index in [2.05, 4.69) is 62.8 Å². The first-order chi connectivity index (χ1) is 40.7. The summed E-state index contributed by atoms with van der Waals surface area (Å²) in [6, 6.07) is -9.16. The summed E-state index contributed by atoms with van der Waals surface area (Å²) in [6.45, 7) is 2.91. The maximum Gasteiger partial charge on any atom is 0.268 e. The van der Waals surface area contributed by atoms with Crippen molar-refractivity contribution in [1.29, 1.82) is 0 Å². The second-order valence-electron chi connectivity index (χ2n) is 20.7. The highest BCUT2D eigenvalue weighted by Gasteiger charge is 2.40. The van der Waals surface area contributed by atoms with E-state index in [0.717, 1.165) is 0 Å². The number of carbonyl (C=O) groups is 10. The second kappa shape index (κ2) is 42.4. The standard InChI is InChI=1S/C53H98N22O10/c1-33(68-47(80)39(19-25-59)70-45(78)35(60)13-2-5-20-54)44(77)66-31-43(76)69-40(16-10-24-58)52(85)75-28-12-18-42(75)51(84)74-41(29-34-30-63-32-67-34)50(83)73-37(15-4-7-22-56)48(81)72-38(17-11-27-65-53(61)62)49(82)71-36(14-3-6-21-55)46(79)64-26-9-8-23-57/h17,30,32-33,35-37,39-42H,2-16,18-29,31,54-60H2,1H3,(H,63,67)(H,64,79)(H,66,77)(H,68,80)(H,69,76)(H,70,78)(H,71,82)(H,72,81)(H,73,83)(H,74,84)(H4,61,62,65)/b38-17-/t33-,35-,36-,37-,39-,40+,41-,42-/m0/s1. The molecule has 1 fully saturated rings. The van der Waals surface area contributed by atoms with Gasteiger partial charge in [-0.2, -0.15) is 0 Å². The van der Waals surface area contributed by atoms with Crippen molar-refractivity contribution in [3.8, 4) is 0 Å². The smallest absolute Gasteiger partial charge is 0.268 e. The van der Waals surface area contributed by atoms with Crippen LogP contribution in [0.25, 0.3) is 0 Å². The third-order valence-electron chi connectivity index (χ3n) is 13.7. The van der Waals surface area contributed by atoms with Crippen molar-refractivity contribution in [1.82, 2.24) is 62.7 Å². The summed E-state index contributed by atoms with van der Waals surface area (Å²) in [4.78, 5) is 149. The lowest BCUT2D eigenvalue weighted by Crippen LogP contribution is -2.59. The van der Waals surface area contributed by atoms with E-state index in [1.165, 1.54) is 30.4 Å². The maximum absolute atomic E-state index is 14.5. The first kappa shape index (κ1) is 73.7. The summed E-state index contributed by atoms with van der Waals surface area (Å²) in [5, 5.41) is 23.8. The Morgan fingerprint density at radius 1 is 0.635 bits per heavy atom. The molecular formula is C53H98N22O10. The van der Waals surface area contributed by atoms with Gasteiger partial charge in [-0.25, -0.2) is 4.98 Å². The van der Waals surface area contributed by atoms with Crippen LogP contribution in [-0.4, -0.2) is 194 Å². The molecule has 0 aliphatic carbocycles. The summed E-state index contributed by atoms with van der Waals surface area (Å²) < 4.78 is 0. The van der Waals surface area contributed by atoms with Gasteiger partial charge in [0.2, 0.25) is 53.2 Å². The van der Waals surface area contributed by atoms with Gasteiger partial charge in [-0.15, -0.1) is 0 Å². The highest BCUT2D eigenvalue weighted by atomic mass is 16.2. The predicted molar refractivity (Wildman–Crippen MR) is 319 cm³/mol. The van der Waals surface area contributed by atoms with Crippen LogP contribution in [0.3, 0.4) is 0 Å². The number of unbranched alkanes of at least 4 members (excludes halogenated alkanes) is 4. The van der Waals surface area contributed by atoms with Gasteiger partial charge < -0.3 is 109 Å². The molecule has 1 aliphatic rings. The van der Waals surface area contributed by atoms with Crippen LogP contribution in [0.1, 0.15) is 122 Å². The van der Waals surface area contributed by atoms with Crippen molar-refractivity contribution < 1.29 is 47.9 Å². The van der Waals surface area contributed by atoms with Gasteiger partial charge >= 0.3 is 0 Å². The first-order valence-corrected chi connectivity index (χ1v) is 29.4. The molecule has 0 spiro atoms. The minimum absolute atomic E-state index is 0.0345. The van der Waals surface area contributed by atoms with Crippen molar-refractivity contribution in [3.05, 3.63) is 30.0 Å². The summed E-state index contributed by atoms with van der Waals surface area (Å²) in [5.41, 5.74) is 51.4. The van der Waals surface area contributed by atoms with E-state index in [4.69, 9.17) is 51.6 Å². The lowest BCUT2D eigenvalue weighted by atomic mass is 10.0. The van der Waals surface area contributed by atoms with Crippen LogP contribution in [-0.2, 0) is 54.4 Å². The van der Waals surface area contributed by atoms with Crippen LogP contribution < -0.4 is 99.5 Å². The minimum Gasteiger partial charge on any atom is -0.370 e. The van der Waals surface area contributed by atoms with E-state index in [1.54, 1.807) is 0 Å². The number of hydrogen-bond donors (Lipinski definition) is 19. The zero-order valence-corrected chi connectivity index (χ0v) is 49.3. The zero-order valence-electron chi connectivity index (χ0n) is 49.3. The molecule has 1 aromatic rings. The molecule has 1 aliphatic heterocycles. The van der Waals surface area contributed by atoms with Crippen molar-refractivity contribution >= 4 is 65.0 Å². The molecular weight excluding hydrogens is 1100 g/mol. The molecule has 32 heteroatoms. The van der Waals surface area contributed by atoms with Crippen molar-refractivity contribution in [3.63, 3.8) is 0 Å². The number of aromatic amines is 1. The van der Waals surface area contributed by atoms with Crippen LogP contribution in [0, 0.1) is 0 Å². The molecule has 0 bridgehead atoms. The topological polar surface area (TPSA) is 557 Å². The third kappa shape index (κ3) is 28.9. The van der Waals surface area contributed by atoms with Crippen molar-refractivity contribution in [2.24, 2.45) is 56.6 Å². The molecule has 85 heavy (non-hydrogen) atoms. The van der Waals surface area contributed by atoms with E-state index >= 15 is 0 Å². The first-order valence-electron chi connectivity index (χ1n) is 29.4. The molecule has 2 rings (SSSR count). The molecule has 1 aromatic heterocycles. The molecule has 0 aromatic carbocycles. The fraction of sp³-hybridized carbons (Fsp3) is 0.698. The van der Waals surface area contributed by atoms with E-state index in [1.807, 2.05) is 0 Å². The number of nitrogens with two attached hydrogens (primary N) is 9. The summed E-state index contributed by atoms with van der Waals surface area (Å²) in [5.74, 6) is -7.20. The number of nitrogens with one attached hydrogen (secondary N) is 10. The number of imidazole rings is 1. The Morgan fingerprint density at radius 3 is 1.84 bits per heavy atom. The van der Waals surface area contributed by atoms with Crippen LogP contribution >= 0.6 is 0 Å². The predicted octanol–water partition coefficient (Wildman–Crippen LogP) is -6.69. The largest absolute Gasteiger partial charge is 0.370 e. The second-order valence-corrected chi connectivity index (χ2v) is 20.7. The van der Waals surface area contributed by atoms with Crippen LogP contribution in [0.4, 0.5) is 0 Å². The molecule has 8 atom stereocenters. The number of carbonyl (C=O) groups excluding carboxylic acids is 10. The van der Waals surface area contributed by atoms with Gasteiger partial charge in [-0.3, -0.25) is 52.9 Å². The number of likely N-dealkylation sites (tertiary alicyclic amines) is 1. The van der Waals surface area contributed by atoms with Gasteiger partial charge in [-0.05, 0) is 149 Å². The van der Waals surface area contributed by atoms with Gasteiger partial charge in [0.15, 0.2) is 5.96 Å². The lowest BCUT2D eigenvalue weighted by molar-refractivity contribution is -0.142. The number of rotatable bonds is 44. The number of nitrogens with zero attached hydrogens (tertiary/aromatic N) is 3. The van der Waals surface area contributed by atoms with Gasteiger partial charge in [0.1, 0.15) is 48.0 Å². The van der Waals surface area contributed by atoms with Crippen molar-refractivity contribution in [2.75, 3.05) is 65.4 Å². The molecule has 28 N–H and O–H groups in total. The molecule has 480 valence electrons. The molecule has 32 nitrogen and oxygen atoms in total. The zero-order chi connectivity index (χ0) is 63.1. The Balaban J connectivity index is 2.32. The summed E-state index contributed by atoms with van der Waals surface area (Å²) in [7, 11) is 0. The normalized spacial score (nSPS) is 15.6.